The fourth-order valence-corrected chi connectivity index (χ4v) is 3.50. The summed E-state index contributed by atoms with van der Waals surface area (Å²) in [5.74, 6) is 0.836. The monoisotopic (exact) mass is 253 g/mol. The van der Waals surface area contributed by atoms with E-state index in [-0.39, 0.29) is 0 Å². The normalized spacial score (nSPS) is 30.2. The van der Waals surface area contributed by atoms with E-state index in [0.29, 0.717) is 11.6 Å². The maximum Gasteiger partial charge on any atom is 0.0328 e. The van der Waals surface area contributed by atoms with Crippen molar-refractivity contribution in [3.05, 3.63) is 0 Å². The van der Waals surface area contributed by atoms with Crippen molar-refractivity contribution in [1.82, 2.24) is 15.1 Å². The molecule has 1 aliphatic carbocycles. The number of hydrogen-bond donors (Lipinski definition) is 1. The average molecular weight is 253 g/mol. The van der Waals surface area contributed by atoms with Crippen molar-refractivity contribution in [3.8, 4) is 0 Å². The molecule has 0 amide bonds. The first-order chi connectivity index (χ1) is 8.53. The lowest BCUT2D eigenvalue weighted by molar-refractivity contribution is 0.0528. The number of hydrogen-bond acceptors (Lipinski definition) is 3. The Balaban J connectivity index is 1.78. The van der Waals surface area contributed by atoms with Crippen LogP contribution >= 0.6 is 0 Å². The molecule has 0 aromatic carbocycles. The van der Waals surface area contributed by atoms with Crippen LogP contribution in [0.4, 0.5) is 0 Å². The molecule has 106 valence electrons. The van der Waals surface area contributed by atoms with E-state index in [1.807, 2.05) is 0 Å². The molecular weight excluding hydrogens is 222 g/mol. The van der Waals surface area contributed by atoms with Gasteiger partial charge in [0, 0.05) is 24.7 Å². The molecule has 1 saturated carbocycles. The molecule has 2 aliphatic rings. The summed E-state index contributed by atoms with van der Waals surface area (Å²) in [7, 11) is 6.73. The molecular formula is C15H31N3. The van der Waals surface area contributed by atoms with Gasteiger partial charge in [0.1, 0.15) is 0 Å². The molecule has 0 aromatic rings. The topological polar surface area (TPSA) is 18.5 Å². The van der Waals surface area contributed by atoms with Gasteiger partial charge >= 0.3 is 0 Å². The van der Waals surface area contributed by atoms with E-state index in [1.54, 1.807) is 0 Å². The van der Waals surface area contributed by atoms with Crippen molar-refractivity contribution in [3.63, 3.8) is 0 Å². The molecule has 0 spiro atoms. The third-order valence-corrected chi connectivity index (χ3v) is 5.35. The molecule has 2 unspecified atom stereocenters. The van der Waals surface area contributed by atoms with E-state index in [4.69, 9.17) is 0 Å². The third kappa shape index (κ3) is 3.06. The van der Waals surface area contributed by atoms with Gasteiger partial charge in [-0.05, 0) is 72.6 Å². The summed E-state index contributed by atoms with van der Waals surface area (Å²) in [5, 5.41) is 3.83. The largest absolute Gasteiger partial charge is 0.312 e. The standard InChI is InChI=1S/C15H31N3/c1-13(14-7-5-10-18(4)11-14)16-12-15(17(2)3)8-6-9-15/h13-14,16H,5-12H2,1-4H3. The van der Waals surface area contributed by atoms with Crippen LogP contribution in [0, 0.1) is 5.92 Å². The van der Waals surface area contributed by atoms with E-state index < -0.39 is 0 Å². The van der Waals surface area contributed by atoms with Gasteiger partial charge in [0.25, 0.3) is 0 Å². The maximum atomic E-state index is 3.83. The van der Waals surface area contributed by atoms with Gasteiger partial charge in [-0.2, -0.15) is 0 Å². The van der Waals surface area contributed by atoms with Crippen LogP contribution in [0.5, 0.6) is 0 Å². The highest BCUT2D eigenvalue weighted by molar-refractivity contribution is 4.98. The zero-order valence-electron chi connectivity index (χ0n) is 12.7. The number of likely N-dealkylation sites (N-methyl/N-ethyl adjacent to an activating group) is 1. The first kappa shape index (κ1) is 14.3. The zero-order valence-corrected chi connectivity index (χ0v) is 12.7. The smallest absolute Gasteiger partial charge is 0.0328 e. The Morgan fingerprint density at radius 2 is 2.06 bits per heavy atom. The minimum absolute atomic E-state index is 0.453. The minimum Gasteiger partial charge on any atom is -0.312 e. The number of nitrogens with one attached hydrogen (secondary N) is 1. The molecule has 2 rings (SSSR count). The van der Waals surface area contributed by atoms with Gasteiger partial charge in [0.05, 0.1) is 0 Å². The lowest BCUT2D eigenvalue weighted by Crippen LogP contribution is -2.58. The van der Waals surface area contributed by atoms with Crippen LogP contribution < -0.4 is 5.32 Å². The summed E-state index contributed by atoms with van der Waals surface area (Å²) < 4.78 is 0. The first-order valence-electron chi connectivity index (χ1n) is 7.63. The summed E-state index contributed by atoms with van der Waals surface area (Å²) in [5.41, 5.74) is 0.453. The van der Waals surface area contributed by atoms with Gasteiger partial charge in [-0.1, -0.05) is 0 Å². The van der Waals surface area contributed by atoms with Gasteiger partial charge in [-0.25, -0.2) is 0 Å². The molecule has 3 heteroatoms. The van der Waals surface area contributed by atoms with Crippen LogP contribution in [0.2, 0.25) is 0 Å². The van der Waals surface area contributed by atoms with Crippen LogP contribution in [0.1, 0.15) is 39.0 Å². The second kappa shape index (κ2) is 5.89. The fraction of sp³-hybridized carbons (Fsp3) is 1.00. The van der Waals surface area contributed by atoms with Gasteiger partial charge in [0.15, 0.2) is 0 Å². The third-order valence-electron chi connectivity index (χ3n) is 5.35. The van der Waals surface area contributed by atoms with Crippen LogP contribution in [0.25, 0.3) is 0 Å². The summed E-state index contributed by atoms with van der Waals surface area (Å²) >= 11 is 0. The van der Waals surface area contributed by atoms with Crippen molar-refractivity contribution in [1.29, 1.82) is 0 Å². The number of likely N-dealkylation sites (tertiary alicyclic amines) is 1. The number of nitrogens with zero attached hydrogens (tertiary/aromatic N) is 2. The molecule has 0 bridgehead atoms. The van der Waals surface area contributed by atoms with Crippen molar-refractivity contribution in [2.75, 3.05) is 40.8 Å². The molecule has 0 radical (unpaired) electrons. The van der Waals surface area contributed by atoms with Gasteiger partial charge in [-0.15, -0.1) is 0 Å². The van der Waals surface area contributed by atoms with Gasteiger partial charge < -0.3 is 15.1 Å². The van der Waals surface area contributed by atoms with E-state index >= 15 is 0 Å². The van der Waals surface area contributed by atoms with Crippen molar-refractivity contribution >= 4 is 0 Å². The van der Waals surface area contributed by atoms with Crippen LogP contribution in [0.15, 0.2) is 0 Å². The lowest BCUT2D eigenvalue weighted by atomic mass is 9.75. The van der Waals surface area contributed by atoms with Crippen LogP contribution in [-0.4, -0.2) is 62.2 Å². The Bertz CT molecular complexity index is 260. The Morgan fingerprint density at radius 1 is 1.33 bits per heavy atom. The Labute approximate surface area is 113 Å². The SMILES string of the molecule is CC(NCC1(N(C)C)CCC1)C1CCCN(C)C1. The predicted molar refractivity (Wildman–Crippen MR) is 78.0 cm³/mol. The zero-order chi connectivity index (χ0) is 13.2. The average Bonchev–Trinajstić information content (AvgIpc) is 2.26. The molecule has 1 saturated heterocycles. The van der Waals surface area contributed by atoms with E-state index in [9.17, 15) is 0 Å². The summed E-state index contributed by atoms with van der Waals surface area (Å²) in [6.45, 7) is 6.10. The Kier molecular flexibility index (Phi) is 4.68. The molecule has 0 aromatic heterocycles. The molecule has 3 nitrogen and oxygen atoms in total. The number of rotatable bonds is 5. The van der Waals surface area contributed by atoms with E-state index in [2.05, 4.69) is 43.2 Å². The predicted octanol–water partition coefficient (Wildman–Crippen LogP) is 1.79. The molecule has 2 atom stereocenters. The van der Waals surface area contributed by atoms with Crippen molar-refractivity contribution in [2.45, 2.75) is 50.6 Å². The second-order valence-electron chi connectivity index (χ2n) is 6.81. The Morgan fingerprint density at radius 3 is 2.56 bits per heavy atom. The highest BCUT2D eigenvalue weighted by Gasteiger charge is 2.39. The quantitative estimate of drug-likeness (QED) is 0.806. The van der Waals surface area contributed by atoms with Crippen LogP contribution in [-0.2, 0) is 0 Å². The highest BCUT2D eigenvalue weighted by Crippen LogP contribution is 2.35. The van der Waals surface area contributed by atoms with Crippen molar-refractivity contribution in [2.24, 2.45) is 5.92 Å². The molecule has 2 fully saturated rings. The summed E-state index contributed by atoms with van der Waals surface area (Å²) in [6.07, 6.45) is 6.90. The Hall–Kier alpha value is -0.120. The van der Waals surface area contributed by atoms with Crippen molar-refractivity contribution < 1.29 is 0 Å². The maximum absolute atomic E-state index is 3.83. The summed E-state index contributed by atoms with van der Waals surface area (Å²) in [4.78, 5) is 4.92. The number of piperidine rings is 1. The molecule has 18 heavy (non-hydrogen) atoms. The molecule has 1 aliphatic heterocycles. The molecule has 1 N–H and O–H groups in total. The van der Waals surface area contributed by atoms with Gasteiger partial charge in [-0.3, -0.25) is 0 Å². The highest BCUT2D eigenvalue weighted by atomic mass is 15.2. The van der Waals surface area contributed by atoms with Crippen LogP contribution in [0.3, 0.4) is 0 Å². The lowest BCUT2D eigenvalue weighted by Gasteiger charge is -2.48. The molecule has 1 heterocycles. The minimum atomic E-state index is 0.453. The van der Waals surface area contributed by atoms with E-state index in [0.717, 1.165) is 5.92 Å². The van der Waals surface area contributed by atoms with E-state index in [1.165, 1.54) is 51.7 Å². The fourth-order valence-electron chi connectivity index (χ4n) is 3.50. The summed E-state index contributed by atoms with van der Waals surface area (Å²) in [6, 6.07) is 0.658. The second-order valence-corrected chi connectivity index (χ2v) is 6.81. The first-order valence-corrected chi connectivity index (χ1v) is 7.63. The van der Waals surface area contributed by atoms with Gasteiger partial charge in [0.2, 0.25) is 0 Å².